The Morgan fingerprint density at radius 2 is 1.82 bits per heavy atom. The number of rotatable bonds is 3. The Morgan fingerprint density at radius 1 is 0.964 bits per heavy atom. The molecule has 3 aliphatic rings. The SMILES string of the molecule is COc1ccc2c(c1)OC1=C(C(=O)OC1)[C@@H]2c1cc(OC)c2c(c1)OCCO2. The number of hydrogen-bond donors (Lipinski definition) is 0. The van der Waals surface area contributed by atoms with Crippen molar-refractivity contribution < 1.29 is 33.2 Å². The van der Waals surface area contributed by atoms with Crippen molar-refractivity contribution in [2.45, 2.75) is 5.92 Å². The summed E-state index contributed by atoms with van der Waals surface area (Å²) in [6, 6.07) is 9.31. The van der Waals surface area contributed by atoms with Gasteiger partial charge in [-0.05, 0) is 23.8 Å². The van der Waals surface area contributed by atoms with Crippen LogP contribution in [0.5, 0.6) is 28.7 Å². The van der Waals surface area contributed by atoms with Gasteiger partial charge in [0.25, 0.3) is 0 Å². The Balaban J connectivity index is 1.71. The van der Waals surface area contributed by atoms with Crippen LogP contribution >= 0.6 is 0 Å². The quantitative estimate of drug-likeness (QED) is 0.756. The van der Waals surface area contributed by atoms with E-state index in [1.54, 1.807) is 14.2 Å². The summed E-state index contributed by atoms with van der Waals surface area (Å²) in [5, 5.41) is 0. The molecule has 0 aromatic heterocycles. The highest BCUT2D eigenvalue weighted by atomic mass is 16.6. The van der Waals surface area contributed by atoms with Crippen molar-refractivity contribution in [1.82, 2.24) is 0 Å². The van der Waals surface area contributed by atoms with Crippen LogP contribution in [0.25, 0.3) is 0 Å². The van der Waals surface area contributed by atoms with Crippen molar-refractivity contribution in [2.24, 2.45) is 0 Å². The average Bonchev–Trinajstić information content (AvgIpc) is 3.11. The summed E-state index contributed by atoms with van der Waals surface area (Å²) in [4.78, 5) is 12.5. The van der Waals surface area contributed by atoms with Crippen LogP contribution in [0.2, 0.25) is 0 Å². The maximum atomic E-state index is 12.5. The number of ether oxygens (including phenoxy) is 6. The number of cyclic esters (lactones) is 1. The van der Waals surface area contributed by atoms with Gasteiger partial charge >= 0.3 is 5.97 Å². The molecule has 0 radical (unpaired) electrons. The lowest BCUT2D eigenvalue weighted by Gasteiger charge is -2.28. The van der Waals surface area contributed by atoms with E-state index in [1.807, 2.05) is 30.3 Å². The molecule has 7 nitrogen and oxygen atoms in total. The molecule has 3 aliphatic heterocycles. The molecule has 0 aliphatic carbocycles. The van der Waals surface area contributed by atoms with Crippen LogP contribution < -0.4 is 23.7 Å². The topological polar surface area (TPSA) is 72.5 Å². The Bertz CT molecular complexity index is 991. The number of carbonyl (C=O) groups excluding carboxylic acids is 1. The highest BCUT2D eigenvalue weighted by Crippen LogP contribution is 2.50. The molecule has 0 unspecified atom stereocenters. The van der Waals surface area contributed by atoms with Gasteiger partial charge in [-0.25, -0.2) is 4.79 Å². The highest BCUT2D eigenvalue weighted by Gasteiger charge is 2.41. The van der Waals surface area contributed by atoms with Gasteiger partial charge in [0.1, 0.15) is 31.3 Å². The summed E-state index contributed by atoms with van der Waals surface area (Å²) in [7, 11) is 3.18. The molecule has 1 atom stereocenters. The first kappa shape index (κ1) is 16.8. The molecule has 0 bridgehead atoms. The van der Waals surface area contributed by atoms with Crippen LogP contribution in [0.4, 0.5) is 0 Å². The van der Waals surface area contributed by atoms with Crippen LogP contribution in [0.1, 0.15) is 17.0 Å². The van der Waals surface area contributed by atoms with Crippen molar-refractivity contribution in [3.63, 3.8) is 0 Å². The van der Waals surface area contributed by atoms with Crippen LogP contribution in [0.3, 0.4) is 0 Å². The second kappa shape index (κ2) is 6.37. The van der Waals surface area contributed by atoms with E-state index in [1.165, 1.54) is 0 Å². The molecule has 0 spiro atoms. The van der Waals surface area contributed by atoms with Crippen molar-refractivity contribution in [1.29, 1.82) is 0 Å². The molecule has 144 valence electrons. The van der Waals surface area contributed by atoms with Gasteiger partial charge in [-0.2, -0.15) is 0 Å². The van der Waals surface area contributed by atoms with Crippen molar-refractivity contribution in [3.8, 4) is 28.7 Å². The van der Waals surface area contributed by atoms with Crippen molar-refractivity contribution in [2.75, 3.05) is 34.0 Å². The minimum absolute atomic E-state index is 0.114. The van der Waals surface area contributed by atoms with Gasteiger partial charge in [0.05, 0.1) is 19.8 Å². The molecule has 0 fully saturated rings. The normalized spacial score (nSPS) is 19.4. The maximum Gasteiger partial charge on any atom is 0.339 e. The highest BCUT2D eigenvalue weighted by molar-refractivity contribution is 5.95. The van der Waals surface area contributed by atoms with E-state index < -0.39 is 0 Å². The molecule has 3 heterocycles. The Hall–Kier alpha value is -3.35. The molecule has 2 aromatic rings. The summed E-state index contributed by atoms with van der Waals surface area (Å²) in [6.45, 7) is 1.03. The summed E-state index contributed by atoms with van der Waals surface area (Å²) in [5.41, 5.74) is 2.18. The second-order valence-electron chi connectivity index (χ2n) is 6.60. The number of fused-ring (bicyclic) bond motifs is 2. The predicted octanol–water partition coefficient (Wildman–Crippen LogP) is 2.81. The van der Waals surface area contributed by atoms with Gasteiger partial charge in [-0.1, -0.05) is 6.07 Å². The van der Waals surface area contributed by atoms with Gasteiger partial charge in [0.15, 0.2) is 17.3 Å². The first-order valence-corrected chi connectivity index (χ1v) is 8.93. The maximum absolute atomic E-state index is 12.5. The van der Waals surface area contributed by atoms with Crippen LogP contribution in [0, 0.1) is 0 Å². The average molecular weight is 382 g/mol. The summed E-state index contributed by atoms with van der Waals surface area (Å²) in [6.07, 6.45) is 0. The van der Waals surface area contributed by atoms with Crippen LogP contribution in [0.15, 0.2) is 41.7 Å². The van der Waals surface area contributed by atoms with Gasteiger partial charge in [-0.15, -0.1) is 0 Å². The zero-order valence-electron chi connectivity index (χ0n) is 15.4. The van der Waals surface area contributed by atoms with Crippen LogP contribution in [-0.4, -0.2) is 40.0 Å². The molecule has 7 heteroatoms. The molecular formula is C21H18O7. The summed E-state index contributed by atoms with van der Waals surface area (Å²) < 4.78 is 33.5. The van der Waals surface area contributed by atoms with Crippen molar-refractivity contribution in [3.05, 3.63) is 52.8 Å². The Morgan fingerprint density at radius 3 is 2.64 bits per heavy atom. The molecule has 0 saturated heterocycles. The lowest BCUT2D eigenvalue weighted by atomic mass is 9.82. The zero-order chi connectivity index (χ0) is 19.3. The number of methoxy groups -OCH3 is 2. The lowest BCUT2D eigenvalue weighted by molar-refractivity contribution is -0.136. The fourth-order valence-electron chi connectivity index (χ4n) is 3.83. The molecule has 28 heavy (non-hydrogen) atoms. The first-order valence-electron chi connectivity index (χ1n) is 8.93. The Labute approximate surface area is 161 Å². The van der Waals surface area contributed by atoms with Gasteiger partial charge in [0.2, 0.25) is 5.75 Å². The minimum atomic E-state index is -0.379. The smallest absolute Gasteiger partial charge is 0.339 e. The number of hydrogen-bond acceptors (Lipinski definition) is 7. The lowest BCUT2D eigenvalue weighted by Crippen LogP contribution is -2.20. The molecule has 5 rings (SSSR count). The van der Waals surface area contributed by atoms with E-state index in [2.05, 4.69) is 0 Å². The third kappa shape index (κ3) is 2.46. The van der Waals surface area contributed by atoms with E-state index in [0.717, 1.165) is 11.1 Å². The third-order valence-corrected chi connectivity index (χ3v) is 5.09. The van der Waals surface area contributed by atoms with E-state index in [4.69, 9.17) is 28.4 Å². The van der Waals surface area contributed by atoms with Crippen LogP contribution in [-0.2, 0) is 9.53 Å². The number of benzene rings is 2. The predicted molar refractivity (Wildman–Crippen MR) is 97.4 cm³/mol. The second-order valence-corrected chi connectivity index (χ2v) is 6.60. The van der Waals surface area contributed by atoms with E-state index in [9.17, 15) is 4.79 Å². The first-order chi connectivity index (χ1) is 13.7. The van der Waals surface area contributed by atoms with E-state index >= 15 is 0 Å². The molecule has 2 aromatic carbocycles. The van der Waals surface area contributed by atoms with Gasteiger partial charge < -0.3 is 28.4 Å². The molecule has 0 N–H and O–H groups in total. The zero-order valence-corrected chi connectivity index (χ0v) is 15.4. The number of esters is 1. The monoisotopic (exact) mass is 382 g/mol. The summed E-state index contributed by atoms with van der Waals surface area (Å²) >= 11 is 0. The Kier molecular flexibility index (Phi) is 3.82. The van der Waals surface area contributed by atoms with E-state index in [-0.39, 0.29) is 18.5 Å². The fraction of sp³-hybridized carbons (Fsp3) is 0.286. The fourth-order valence-corrected chi connectivity index (χ4v) is 3.83. The van der Waals surface area contributed by atoms with Gasteiger partial charge in [-0.3, -0.25) is 0 Å². The standard InChI is InChI=1S/C21H18O7/c1-23-12-3-4-13-14(9-12)28-17-10-27-21(22)19(17)18(13)11-7-15(24-2)20-16(8-11)25-5-6-26-20/h3-4,7-9,18H,5-6,10H2,1-2H3/t18-/m1/s1. The summed E-state index contributed by atoms with van der Waals surface area (Å²) in [5.74, 6) is 2.80. The largest absolute Gasteiger partial charge is 0.497 e. The van der Waals surface area contributed by atoms with Gasteiger partial charge in [0, 0.05) is 17.5 Å². The number of carbonyl (C=O) groups is 1. The molecule has 0 saturated carbocycles. The molecule has 0 amide bonds. The van der Waals surface area contributed by atoms with E-state index in [0.29, 0.717) is 53.3 Å². The third-order valence-electron chi connectivity index (χ3n) is 5.09. The van der Waals surface area contributed by atoms with Crippen molar-refractivity contribution >= 4 is 5.97 Å². The molecular weight excluding hydrogens is 364 g/mol. The minimum Gasteiger partial charge on any atom is -0.497 e.